The highest BCUT2D eigenvalue weighted by molar-refractivity contribution is 7.87. The number of aliphatic hydroxyl groups excluding tert-OH is 1. The van der Waals surface area contributed by atoms with Gasteiger partial charge in [0.1, 0.15) is 0 Å². The molecule has 5 nitrogen and oxygen atoms in total. The van der Waals surface area contributed by atoms with E-state index in [1.54, 1.807) is 6.92 Å². The molecule has 0 aromatic heterocycles. The first kappa shape index (κ1) is 13.8. The first-order chi connectivity index (χ1) is 6.44. The molecule has 0 rings (SSSR count). The smallest absolute Gasteiger partial charge is 0.279 e. The van der Waals surface area contributed by atoms with Crippen molar-refractivity contribution in [3.63, 3.8) is 0 Å². The van der Waals surface area contributed by atoms with E-state index >= 15 is 0 Å². The standard InChI is InChI=1S/C8H20N2O3S/c1-4-8(11)6-7-9-14(12,13)10(3)5-2/h8-9,11H,4-7H2,1-3H3. The second kappa shape index (κ2) is 6.34. The van der Waals surface area contributed by atoms with Crippen LogP contribution in [-0.2, 0) is 10.2 Å². The van der Waals surface area contributed by atoms with Crippen molar-refractivity contribution in [2.45, 2.75) is 32.8 Å². The molecule has 0 radical (unpaired) electrons. The number of nitrogens with one attached hydrogen (secondary N) is 1. The fraction of sp³-hybridized carbons (Fsp3) is 1.00. The molecule has 0 heterocycles. The summed E-state index contributed by atoms with van der Waals surface area (Å²) >= 11 is 0. The van der Waals surface area contributed by atoms with Crippen LogP contribution in [0.1, 0.15) is 26.7 Å². The Kier molecular flexibility index (Phi) is 6.26. The molecule has 86 valence electrons. The highest BCUT2D eigenvalue weighted by Gasteiger charge is 2.14. The van der Waals surface area contributed by atoms with E-state index in [9.17, 15) is 13.5 Å². The fourth-order valence-corrected chi connectivity index (χ4v) is 1.77. The summed E-state index contributed by atoms with van der Waals surface area (Å²) in [6.45, 7) is 4.34. The van der Waals surface area contributed by atoms with Crippen LogP contribution in [-0.4, -0.2) is 44.1 Å². The van der Waals surface area contributed by atoms with Crippen molar-refractivity contribution in [3.05, 3.63) is 0 Å². The molecular formula is C8H20N2O3S. The number of aliphatic hydroxyl groups is 1. The molecule has 0 aliphatic rings. The van der Waals surface area contributed by atoms with Gasteiger partial charge in [0.2, 0.25) is 0 Å². The van der Waals surface area contributed by atoms with Gasteiger partial charge < -0.3 is 5.11 Å². The van der Waals surface area contributed by atoms with Gasteiger partial charge in [0.15, 0.2) is 0 Å². The molecule has 6 heteroatoms. The minimum atomic E-state index is -3.34. The van der Waals surface area contributed by atoms with Gasteiger partial charge in [-0.05, 0) is 12.8 Å². The second-order valence-corrected chi connectivity index (χ2v) is 5.03. The topological polar surface area (TPSA) is 69.6 Å². The zero-order valence-corrected chi connectivity index (χ0v) is 9.84. The van der Waals surface area contributed by atoms with Crippen molar-refractivity contribution in [1.29, 1.82) is 0 Å². The predicted molar refractivity (Wildman–Crippen MR) is 56.1 cm³/mol. The van der Waals surface area contributed by atoms with Crippen molar-refractivity contribution < 1.29 is 13.5 Å². The van der Waals surface area contributed by atoms with E-state index in [1.165, 1.54) is 11.4 Å². The van der Waals surface area contributed by atoms with E-state index in [2.05, 4.69) is 4.72 Å². The van der Waals surface area contributed by atoms with Crippen molar-refractivity contribution in [2.75, 3.05) is 20.1 Å². The Morgan fingerprint density at radius 2 is 2.00 bits per heavy atom. The van der Waals surface area contributed by atoms with E-state index in [1.807, 2.05) is 6.92 Å². The van der Waals surface area contributed by atoms with Crippen LogP contribution in [0, 0.1) is 0 Å². The third kappa shape index (κ3) is 4.90. The molecule has 0 bridgehead atoms. The zero-order valence-electron chi connectivity index (χ0n) is 9.02. The average Bonchev–Trinajstić information content (AvgIpc) is 2.15. The highest BCUT2D eigenvalue weighted by atomic mass is 32.2. The van der Waals surface area contributed by atoms with Gasteiger partial charge in [-0.1, -0.05) is 13.8 Å². The van der Waals surface area contributed by atoms with E-state index < -0.39 is 16.3 Å². The summed E-state index contributed by atoms with van der Waals surface area (Å²) in [6.07, 6.45) is 0.670. The molecule has 0 saturated carbocycles. The van der Waals surface area contributed by atoms with Crippen LogP contribution >= 0.6 is 0 Å². The molecule has 2 N–H and O–H groups in total. The van der Waals surface area contributed by atoms with Crippen molar-refractivity contribution in [2.24, 2.45) is 0 Å². The van der Waals surface area contributed by atoms with Gasteiger partial charge in [0.25, 0.3) is 10.2 Å². The predicted octanol–water partition coefficient (Wildman–Crippen LogP) is -0.0665. The van der Waals surface area contributed by atoms with E-state index in [-0.39, 0.29) is 6.54 Å². The number of hydrogen-bond donors (Lipinski definition) is 2. The quantitative estimate of drug-likeness (QED) is 0.636. The largest absolute Gasteiger partial charge is 0.393 e. The molecule has 0 aromatic rings. The van der Waals surface area contributed by atoms with Gasteiger partial charge >= 0.3 is 0 Å². The maximum atomic E-state index is 11.4. The monoisotopic (exact) mass is 224 g/mol. The summed E-state index contributed by atoms with van der Waals surface area (Å²) in [5, 5.41) is 9.20. The molecule has 0 aliphatic carbocycles. The van der Waals surface area contributed by atoms with Crippen molar-refractivity contribution in [1.82, 2.24) is 9.03 Å². The van der Waals surface area contributed by atoms with Gasteiger partial charge in [-0.2, -0.15) is 12.7 Å². The lowest BCUT2D eigenvalue weighted by Gasteiger charge is -2.16. The van der Waals surface area contributed by atoms with Crippen LogP contribution in [0.2, 0.25) is 0 Å². The molecule has 14 heavy (non-hydrogen) atoms. The Balaban J connectivity index is 3.89. The first-order valence-corrected chi connectivity index (χ1v) is 6.27. The Morgan fingerprint density at radius 3 is 2.43 bits per heavy atom. The second-order valence-electron chi connectivity index (χ2n) is 3.16. The number of rotatable bonds is 7. The third-order valence-corrected chi connectivity index (χ3v) is 3.74. The van der Waals surface area contributed by atoms with Crippen molar-refractivity contribution >= 4 is 10.2 Å². The minimum Gasteiger partial charge on any atom is -0.393 e. The lowest BCUT2D eigenvalue weighted by Crippen LogP contribution is -2.39. The molecule has 0 fully saturated rings. The molecule has 1 atom stereocenters. The fourth-order valence-electron chi connectivity index (χ4n) is 0.839. The van der Waals surface area contributed by atoms with E-state index in [0.717, 1.165) is 0 Å². The molecule has 0 saturated heterocycles. The lowest BCUT2D eigenvalue weighted by molar-refractivity contribution is 0.161. The summed E-state index contributed by atoms with van der Waals surface area (Å²) in [7, 11) is -1.83. The van der Waals surface area contributed by atoms with Crippen LogP contribution < -0.4 is 4.72 Å². The molecule has 1 unspecified atom stereocenters. The van der Waals surface area contributed by atoms with E-state index in [4.69, 9.17) is 0 Å². The summed E-state index contributed by atoms with van der Waals surface area (Å²) in [5.41, 5.74) is 0. The number of nitrogens with zero attached hydrogens (tertiary/aromatic N) is 1. The summed E-state index contributed by atoms with van der Waals surface area (Å²) < 4.78 is 26.4. The minimum absolute atomic E-state index is 0.279. The maximum absolute atomic E-state index is 11.4. The van der Waals surface area contributed by atoms with Crippen LogP contribution in [0.25, 0.3) is 0 Å². The molecule has 0 aliphatic heterocycles. The normalized spacial score (nSPS) is 14.6. The molecule has 0 aromatic carbocycles. The summed E-state index contributed by atoms with van der Waals surface area (Å²) in [4.78, 5) is 0. The van der Waals surface area contributed by atoms with Crippen LogP contribution in [0.3, 0.4) is 0 Å². The third-order valence-electron chi connectivity index (χ3n) is 2.09. The van der Waals surface area contributed by atoms with Crippen LogP contribution in [0.4, 0.5) is 0 Å². The van der Waals surface area contributed by atoms with Crippen LogP contribution in [0.15, 0.2) is 0 Å². The highest BCUT2D eigenvalue weighted by Crippen LogP contribution is 1.97. The van der Waals surface area contributed by atoms with E-state index in [0.29, 0.717) is 19.4 Å². The number of hydrogen-bond acceptors (Lipinski definition) is 3. The van der Waals surface area contributed by atoms with Crippen LogP contribution in [0.5, 0.6) is 0 Å². The van der Waals surface area contributed by atoms with Gasteiger partial charge in [-0.15, -0.1) is 0 Å². The Bertz CT molecular complexity index is 241. The first-order valence-electron chi connectivity index (χ1n) is 4.83. The zero-order chi connectivity index (χ0) is 11.2. The van der Waals surface area contributed by atoms with Gasteiger partial charge in [0, 0.05) is 20.1 Å². The van der Waals surface area contributed by atoms with Gasteiger partial charge in [0.05, 0.1) is 6.10 Å². The Hall–Kier alpha value is -0.170. The molecule has 0 amide bonds. The SMILES string of the molecule is CCC(O)CCNS(=O)(=O)N(C)CC. The Morgan fingerprint density at radius 1 is 1.43 bits per heavy atom. The summed E-state index contributed by atoms with van der Waals surface area (Å²) in [5.74, 6) is 0. The summed E-state index contributed by atoms with van der Waals surface area (Å²) in [6, 6.07) is 0. The van der Waals surface area contributed by atoms with Gasteiger partial charge in [-0.3, -0.25) is 0 Å². The van der Waals surface area contributed by atoms with Crippen molar-refractivity contribution in [3.8, 4) is 0 Å². The average molecular weight is 224 g/mol. The van der Waals surface area contributed by atoms with Gasteiger partial charge in [-0.25, -0.2) is 4.72 Å². The maximum Gasteiger partial charge on any atom is 0.279 e. The molecular weight excluding hydrogens is 204 g/mol. The Labute approximate surface area is 86.3 Å². The lowest BCUT2D eigenvalue weighted by atomic mass is 10.2. The molecule has 0 spiro atoms.